The van der Waals surface area contributed by atoms with E-state index in [1.807, 2.05) is 0 Å². The minimum Gasteiger partial charge on any atom is -0.462 e. The molecule has 0 aromatic rings. The zero-order valence-corrected chi connectivity index (χ0v) is 40.4. The van der Waals surface area contributed by atoms with Crippen molar-refractivity contribution in [3.8, 4) is 0 Å². The van der Waals surface area contributed by atoms with Crippen LogP contribution in [0.5, 0.6) is 0 Å². The van der Waals surface area contributed by atoms with Crippen molar-refractivity contribution >= 4 is 11.9 Å². The van der Waals surface area contributed by atoms with Gasteiger partial charge in [-0.25, -0.2) is 0 Å². The highest BCUT2D eigenvalue weighted by atomic mass is 16.7. The first-order valence-corrected chi connectivity index (χ1v) is 25.6. The molecule has 384 valence electrons. The van der Waals surface area contributed by atoms with Gasteiger partial charge in [0.25, 0.3) is 0 Å². The molecule has 0 bridgehead atoms. The number of aliphatic hydroxyl groups excluding tert-OH is 7. The molecule has 7 N–H and O–H groups in total. The number of hydrogen-bond donors (Lipinski definition) is 7. The molecular formula is C51H90O15. The molecule has 4 unspecified atom stereocenters. The van der Waals surface area contributed by atoms with Crippen LogP contribution < -0.4 is 0 Å². The Bertz CT molecular complexity index is 1290. The predicted molar refractivity (Wildman–Crippen MR) is 252 cm³/mol. The molecule has 15 heteroatoms. The molecule has 2 heterocycles. The van der Waals surface area contributed by atoms with Crippen molar-refractivity contribution in [1.82, 2.24) is 0 Å². The standard InChI is InChI=1S/C51H90O15/c1-3-5-7-9-11-13-15-17-19-21-23-25-27-29-31-33-42(53)61-36-39(64-43(54)34-32-30-28-26-24-22-20-18-16-14-12-10-8-6-4-2)37-62-50-49(60)47(58)45(56)41(66-50)38-63-51-48(59)46(57)44(55)40(35-52)65-51/h13,15,18,20,24,26,39-41,44-52,55-60H,3-12,14,16-17,19,21-23,25,27-38H2,1-2H3/b15-13+,20-18+,26-24+/t39-,40-,41-,44+,45+,46?,47?,48?,49?,50-,51-/m1/s1. The average Bonchev–Trinajstić information content (AvgIpc) is 3.31. The number of esters is 2. The monoisotopic (exact) mass is 943 g/mol. The van der Waals surface area contributed by atoms with E-state index in [0.29, 0.717) is 12.8 Å². The summed E-state index contributed by atoms with van der Waals surface area (Å²) in [6.45, 7) is 2.53. The van der Waals surface area contributed by atoms with Crippen LogP contribution in [0.3, 0.4) is 0 Å². The van der Waals surface area contributed by atoms with Crippen molar-refractivity contribution in [3.63, 3.8) is 0 Å². The molecule has 0 aromatic carbocycles. The van der Waals surface area contributed by atoms with Crippen molar-refractivity contribution in [3.05, 3.63) is 36.5 Å². The second-order valence-corrected chi connectivity index (χ2v) is 18.0. The molecule has 11 atom stereocenters. The van der Waals surface area contributed by atoms with Crippen molar-refractivity contribution in [1.29, 1.82) is 0 Å². The van der Waals surface area contributed by atoms with E-state index >= 15 is 0 Å². The first kappa shape index (κ1) is 59.8. The number of aliphatic hydroxyl groups is 7. The SMILES string of the molecule is CCCCCC/C=C/CCCCCCCCCC(=O)OC[C@H](CO[C@@H]1O[C@H](CO[C@@H]2O[C@H](CO)[C@H](O)C(O)C2O)[C@H](O)C(O)C1O)OC(=O)CCCC/C=C/C/C=C/CCCCCCCC. The molecule has 0 aromatic heterocycles. The van der Waals surface area contributed by atoms with Gasteiger partial charge >= 0.3 is 11.9 Å². The molecule has 0 radical (unpaired) electrons. The quantitative estimate of drug-likeness (QED) is 0.0188. The van der Waals surface area contributed by atoms with Crippen LogP contribution in [0.4, 0.5) is 0 Å². The Balaban J connectivity index is 1.83. The Morgan fingerprint density at radius 1 is 0.485 bits per heavy atom. The van der Waals surface area contributed by atoms with E-state index in [1.165, 1.54) is 83.5 Å². The summed E-state index contributed by atoms with van der Waals surface area (Å²) in [5.41, 5.74) is 0. The van der Waals surface area contributed by atoms with Crippen molar-refractivity contribution < 1.29 is 73.8 Å². The normalized spacial score (nSPS) is 26.4. The predicted octanol–water partition coefficient (Wildman–Crippen LogP) is 6.93. The Morgan fingerprint density at radius 3 is 1.47 bits per heavy atom. The van der Waals surface area contributed by atoms with E-state index in [2.05, 4.69) is 50.3 Å². The second-order valence-electron chi connectivity index (χ2n) is 18.0. The van der Waals surface area contributed by atoms with Crippen LogP contribution in [0.1, 0.15) is 181 Å². The van der Waals surface area contributed by atoms with Gasteiger partial charge in [0.05, 0.1) is 19.8 Å². The van der Waals surface area contributed by atoms with Crippen LogP contribution >= 0.6 is 0 Å². The fourth-order valence-electron chi connectivity index (χ4n) is 7.83. The highest BCUT2D eigenvalue weighted by Gasteiger charge is 2.47. The lowest BCUT2D eigenvalue weighted by Gasteiger charge is -2.42. The van der Waals surface area contributed by atoms with E-state index in [0.717, 1.165) is 57.8 Å². The fourth-order valence-corrected chi connectivity index (χ4v) is 7.83. The lowest BCUT2D eigenvalue weighted by atomic mass is 9.98. The van der Waals surface area contributed by atoms with Gasteiger partial charge in [0.2, 0.25) is 0 Å². The highest BCUT2D eigenvalue weighted by Crippen LogP contribution is 2.26. The maximum Gasteiger partial charge on any atom is 0.306 e. The van der Waals surface area contributed by atoms with Crippen molar-refractivity contribution in [2.75, 3.05) is 26.4 Å². The van der Waals surface area contributed by atoms with Crippen LogP contribution in [0.15, 0.2) is 36.5 Å². The third kappa shape index (κ3) is 26.5. The summed E-state index contributed by atoms with van der Waals surface area (Å²) in [4.78, 5) is 25.7. The van der Waals surface area contributed by atoms with Crippen LogP contribution in [0, 0.1) is 0 Å². The first-order valence-electron chi connectivity index (χ1n) is 25.6. The van der Waals surface area contributed by atoms with Crippen molar-refractivity contribution in [2.24, 2.45) is 0 Å². The zero-order chi connectivity index (χ0) is 48.2. The Morgan fingerprint density at radius 2 is 0.909 bits per heavy atom. The maximum atomic E-state index is 13.0. The van der Waals surface area contributed by atoms with Gasteiger partial charge in [-0.2, -0.15) is 0 Å². The third-order valence-electron chi connectivity index (χ3n) is 12.1. The molecule has 0 saturated carbocycles. The second kappa shape index (κ2) is 38.6. The summed E-state index contributed by atoms with van der Waals surface area (Å²) in [7, 11) is 0. The molecule has 15 nitrogen and oxygen atoms in total. The number of carbonyl (C=O) groups excluding carboxylic acids is 2. The largest absolute Gasteiger partial charge is 0.462 e. The lowest BCUT2D eigenvalue weighted by Crippen LogP contribution is -2.61. The van der Waals surface area contributed by atoms with Gasteiger partial charge in [-0.05, 0) is 70.6 Å². The number of carbonyl (C=O) groups is 2. The smallest absolute Gasteiger partial charge is 0.306 e. The van der Waals surface area contributed by atoms with Gasteiger partial charge < -0.3 is 64.2 Å². The zero-order valence-electron chi connectivity index (χ0n) is 40.4. The van der Waals surface area contributed by atoms with Crippen LogP contribution in [-0.2, 0) is 38.0 Å². The molecule has 2 fully saturated rings. The highest BCUT2D eigenvalue weighted by molar-refractivity contribution is 5.70. The Hall–Kier alpha value is -2.28. The van der Waals surface area contributed by atoms with Crippen LogP contribution in [0.2, 0.25) is 0 Å². The van der Waals surface area contributed by atoms with Gasteiger partial charge in [0.15, 0.2) is 18.7 Å². The minimum atomic E-state index is -1.77. The van der Waals surface area contributed by atoms with E-state index in [4.69, 9.17) is 28.4 Å². The lowest BCUT2D eigenvalue weighted by molar-refractivity contribution is -0.332. The fraction of sp³-hybridized carbons (Fsp3) is 0.843. The summed E-state index contributed by atoms with van der Waals surface area (Å²) in [5.74, 6) is -0.967. The summed E-state index contributed by atoms with van der Waals surface area (Å²) >= 11 is 0. The molecule has 2 aliphatic rings. The number of allylic oxidation sites excluding steroid dienone is 6. The third-order valence-corrected chi connectivity index (χ3v) is 12.1. The van der Waals surface area contributed by atoms with Gasteiger partial charge in [-0.3, -0.25) is 9.59 Å². The summed E-state index contributed by atoms with van der Waals surface area (Å²) in [6.07, 6.45) is 23.2. The molecule has 0 amide bonds. The summed E-state index contributed by atoms with van der Waals surface area (Å²) < 4.78 is 33.5. The minimum absolute atomic E-state index is 0.122. The van der Waals surface area contributed by atoms with E-state index in [9.17, 15) is 45.3 Å². The number of ether oxygens (including phenoxy) is 6. The maximum absolute atomic E-state index is 13.0. The van der Waals surface area contributed by atoms with Crippen molar-refractivity contribution in [2.45, 2.75) is 248 Å². The van der Waals surface area contributed by atoms with E-state index < -0.39 is 99.3 Å². The first-order chi connectivity index (χ1) is 32.0. The summed E-state index contributed by atoms with van der Waals surface area (Å²) in [6, 6.07) is 0. The molecule has 2 saturated heterocycles. The topological polar surface area (TPSA) is 231 Å². The van der Waals surface area contributed by atoms with Crippen LogP contribution in [-0.4, -0.2) is 142 Å². The van der Waals surface area contributed by atoms with Gasteiger partial charge in [0.1, 0.15) is 55.4 Å². The molecule has 0 spiro atoms. The molecule has 66 heavy (non-hydrogen) atoms. The number of hydrogen-bond acceptors (Lipinski definition) is 15. The van der Waals surface area contributed by atoms with Crippen LogP contribution in [0.25, 0.3) is 0 Å². The van der Waals surface area contributed by atoms with E-state index in [1.54, 1.807) is 0 Å². The van der Waals surface area contributed by atoms with E-state index in [-0.39, 0.29) is 19.4 Å². The molecule has 2 rings (SSSR count). The number of unbranched alkanes of at least 4 members (excludes halogenated alkanes) is 19. The van der Waals surface area contributed by atoms with Gasteiger partial charge in [-0.15, -0.1) is 0 Å². The Kier molecular flexibility index (Phi) is 35.0. The average molecular weight is 943 g/mol. The number of rotatable bonds is 39. The van der Waals surface area contributed by atoms with Gasteiger partial charge in [-0.1, -0.05) is 134 Å². The Labute approximate surface area is 395 Å². The molecule has 2 aliphatic heterocycles. The summed E-state index contributed by atoms with van der Waals surface area (Å²) in [5, 5.41) is 72.0. The van der Waals surface area contributed by atoms with Gasteiger partial charge in [0, 0.05) is 12.8 Å². The molecular weight excluding hydrogens is 853 g/mol. The molecule has 0 aliphatic carbocycles.